The Bertz CT molecular complexity index is 457. The van der Waals surface area contributed by atoms with Crippen LogP contribution in [0.4, 0.5) is 4.79 Å². The molecule has 1 aliphatic heterocycles. The highest BCUT2D eigenvalue weighted by Crippen LogP contribution is 2.26. The second-order valence-corrected chi connectivity index (χ2v) is 6.76. The minimum atomic E-state index is -0.190. The molecule has 3 rings (SSSR count). The van der Waals surface area contributed by atoms with Crippen LogP contribution in [0, 0.1) is 0 Å². The number of carbonyl (C=O) groups excluding carboxylic acids is 1. The second-order valence-electron chi connectivity index (χ2n) is 5.78. The third-order valence-corrected chi connectivity index (χ3v) is 5.20. The first-order valence-corrected chi connectivity index (χ1v) is 8.49. The molecule has 0 radical (unpaired) electrons. The van der Waals surface area contributed by atoms with Crippen LogP contribution < -0.4 is 5.32 Å². The maximum atomic E-state index is 12.4. The fourth-order valence-electron chi connectivity index (χ4n) is 2.97. The van der Waals surface area contributed by atoms with E-state index >= 15 is 0 Å². The van der Waals surface area contributed by atoms with Crippen molar-refractivity contribution in [3.63, 3.8) is 0 Å². The molecule has 2 aliphatic rings. The number of thiophene rings is 1. The number of nitrogens with zero attached hydrogens (tertiary/aromatic N) is 1. The lowest BCUT2D eigenvalue weighted by atomic mass is 9.93. The second kappa shape index (κ2) is 6.77. The number of morpholine rings is 1. The van der Waals surface area contributed by atoms with Gasteiger partial charge in [0.2, 0.25) is 0 Å². The summed E-state index contributed by atoms with van der Waals surface area (Å²) in [6, 6.07) is 4.26. The van der Waals surface area contributed by atoms with Crippen LogP contribution in [0.3, 0.4) is 0 Å². The monoisotopic (exact) mass is 310 g/mol. The molecule has 0 spiro atoms. The predicted octanol–water partition coefficient (Wildman–Crippen LogP) is 2.13. The first-order valence-electron chi connectivity index (χ1n) is 7.61. The summed E-state index contributed by atoms with van der Waals surface area (Å²) in [5.74, 6) is 0. The average molecular weight is 310 g/mol. The summed E-state index contributed by atoms with van der Waals surface area (Å²) in [6.07, 6.45) is 3.11. The highest BCUT2D eigenvalue weighted by molar-refractivity contribution is 7.10. The van der Waals surface area contributed by atoms with Crippen molar-refractivity contribution in [2.24, 2.45) is 0 Å². The minimum absolute atomic E-state index is 0.00115. The molecule has 0 aromatic carbocycles. The van der Waals surface area contributed by atoms with E-state index in [9.17, 15) is 9.90 Å². The Kier molecular flexibility index (Phi) is 4.77. The molecule has 1 aromatic rings. The number of nitrogens with one attached hydrogen (secondary N) is 1. The molecule has 1 saturated carbocycles. The number of amides is 2. The van der Waals surface area contributed by atoms with Gasteiger partial charge in [0, 0.05) is 17.5 Å². The molecule has 1 aromatic heterocycles. The summed E-state index contributed by atoms with van der Waals surface area (Å²) in [5, 5.41) is 14.6. The van der Waals surface area contributed by atoms with Gasteiger partial charge in [-0.15, -0.1) is 11.3 Å². The zero-order valence-corrected chi connectivity index (χ0v) is 12.8. The largest absolute Gasteiger partial charge is 0.393 e. The van der Waals surface area contributed by atoms with Crippen molar-refractivity contribution < 1.29 is 14.6 Å². The van der Waals surface area contributed by atoms with Crippen LogP contribution in [0.25, 0.3) is 0 Å². The Morgan fingerprint density at radius 1 is 1.38 bits per heavy atom. The summed E-state index contributed by atoms with van der Waals surface area (Å²) in [5.41, 5.74) is 0. The van der Waals surface area contributed by atoms with Gasteiger partial charge in [-0.25, -0.2) is 4.79 Å². The van der Waals surface area contributed by atoms with Gasteiger partial charge in [-0.1, -0.05) is 6.07 Å². The molecule has 2 amide bonds. The van der Waals surface area contributed by atoms with Crippen LogP contribution in [0.15, 0.2) is 17.5 Å². The van der Waals surface area contributed by atoms with E-state index in [1.54, 1.807) is 11.3 Å². The van der Waals surface area contributed by atoms with E-state index in [1.165, 1.54) is 4.88 Å². The maximum absolute atomic E-state index is 12.4. The van der Waals surface area contributed by atoms with Crippen molar-refractivity contribution in [1.29, 1.82) is 0 Å². The smallest absolute Gasteiger partial charge is 0.317 e. The van der Waals surface area contributed by atoms with Gasteiger partial charge in [0.15, 0.2) is 0 Å². The first kappa shape index (κ1) is 14.8. The van der Waals surface area contributed by atoms with Gasteiger partial charge in [0.25, 0.3) is 0 Å². The third-order valence-electron chi connectivity index (χ3n) is 4.24. The summed E-state index contributed by atoms with van der Waals surface area (Å²) in [4.78, 5) is 15.4. The number of urea groups is 1. The summed E-state index contributed by atoms with van der Waals surface area (Å²) in [7, 11) is 0. The molecular formula is C15H22N2O3S. The molecular weight excluding hydrogens is 288 g/mol. The SMILES string of the molecule is O=C(NC1CCC(O)CC1)N1CCOC(c2cccs2)C1. The first-order chi connectivity index (χ1) is 10.2. The number of hydrogen-bond acceptors (Lipinski definition) is 4. The molecule has 6 heteroatoms. The Morgan fingerprint density at radius 2 is 2.19 bits per heavy atom. The molecule has 1 atom stereocenters. The summed E-state index contributed by atoms with van der Waals surface area (Å²) < 4.78 is 5.76. The van der Waals surface area contributed by atoms with Crippen LogP contribution in [0.1, 0.15) is 36.7 Å². The van der Waals surface area contributed by atoms with Gasteiger partial charge >= 0.3 is 6.03 Å². The molecule has 1 unspecified atom stereocenters. The Hall–Kier alpha value is -1.11. The van der Waals surface area contributed by atoms with Crippen molar-refractivity contribution >= 4 is 17.4 Å². The Morgan fingerprint density at radius 3 is 2.90 bits per heavy atom. The summed E-state index contributed by atoms with van der Waals surface area (Å²) in [6.45, 7) is 1.84. The lowest BCUT2D eigenvalue weighted by Crippen LogP contribution is -2.50. The molecule has 0 bridgehead atoms. The van der Waals surface area contributed by atoms with Gasteiger partial charge in [-0.05, 0) is 37.1 Å². The van der Waals surface area contributed by atoms with Crippen molar-refractivity contribution in [3.05, 3.63) is 22.4 Å². The Labute approximate surface area is 128 Å². The van der Waals surface area contributed by atoms with Crippen molar-refractivity contribution in [2.45, 2.75) is 43.9 Å². The number of aliphatic hydroxyl groups is 1. The molecule has 1 aliphatic carbocycles. The molecule has 116 valence electrons. The molecule has 2 fully saturated rings. The molecule has 21 heavy (non-hydrogen) atoms. The third kappa shape index (κ3) is 3.75. The van der Waals surface area contributed by atoms with E-state index in [0.29, 0.717) is 19.7 Å². The fraction of sp³-hybridized carbons (Fsp3) is 0.667. The van der Waals surface area contributed by atoms with Crippen LogP contribution >= 0.6 is 11.3 Å². The van der Waals surface area contributed by atoms with Crippen LogP contribution in [0.2, 0.25) is 0 Å². The highest BCUT2D eigenvalue weighted by atomic mass is 32.1. The predicted molar refractivity (Wildman–Crippen MR) is 81.4 cm³/mol. The highest BCUT2D eigenvalue weighted by Gasteiger charge is 2.28. The average Bonchev–Trinajstić information content (AvgIpc) is 3.04. The number of hydrogen-bond donors (Lipinski definition) is 2. The van der Waals surface area contributed by atoms with Gasteiger partial charge in [-0.3, -0.25) is 0 Å². The zero-order valence-electron chi connectivity index (χ0n) is 12.0. The molecule has 2 heterocycles. The molecule has 2 N–H and O–H groups in total. The van der Waals surface area contributed by atoms with Gasteiger partial charge in [0.05, 0.1) is 19.3 Å². The standard InChI is InChI=1S/C15H22N2O3S/c18-12-5-3-11(4-6-12)16-15(19)17-7-8-20-13(10-17)14-2-1-9-21-14/h1-2,9,11-13,18H,3-8,10H2,(H,16,19). The minimum Gasteiger partial charge on any atom is -0.393 e. The lowest BCUT2D eigenvalue weighted by molar-refractivity contribution is -0.0142. The van der Waals surface area contributed by atoms with E-state index in [4.69, 9.17) is 4.74 Å². The fourth-order valence-corrected chi connectivity index (χ4v) is 3.73. The van der Waals surface area contributed by atoms with E-state index in [-0.39, 0.29) is 24.3 Å². The summed E-state index contributed by atoms with van der Waals surface area (Å²) >= 11 is 1.67. The molecule has 5 nitrogen and oxygen atoms in total. The van der Waals surface area contributed by atoms with E-state index < -0.39 is 0 Å². The van der Waals surface area contributed by atoms with Gasteiger partial charge < -0.3 is 20.1 Å². The van der Waals surface area contributed by atoms with E-state index in [1.807, 2.05) is 16.3 Å². The van der Waals surface area contributed by atoms with Crippen LogP contribution in [0.5, 0.6) is 0 Å². The van der Waals surface area contributed by atoms with E-state index in [2.05, 4.69) is 11.4 Å². The number of rotatable bonds is 2. The quantitative estimate of drug-likeness (QED) is 0.880. The lowest BCUT2D eigenvalue weighted by Gasteiger charge is -2.34. The van der Waals surface area contributed by atoms with Gasteiger partial charge in [0.1, 0.15) is 6.10 Å². The molecule has 1 saturated heterocycles. The van der Waals surface area contributed by atoms with Crippen molar-refractivity contribution in [2.75, 3.05) is 19.7 Å². The van der Waals surface area contributed by atoms with Gasteiger partial charge in [-0.2, -0.15) is 0 Å². The topological polar surface area (TPSA) is 61.8 Å². The van der Waals surface area contributed by atoms with Crippen molar-refractivity contribution in [1.82, 2.24) is 10.2 Å². The van der Waals surface area contributed by atoms with Crippen molar-refractivity contribution in [3.8, 4) is 0 Å². The van der Waals surface area contributed by atoms with E-state index in [0.717, 1.165) is 25.7 Å². The zero-order chi connectivity index (χ0) is 14.7. The number of ether oxygens (including phenoxy) is 1. The number of carbonyl (C=O) groups is 1. The number of aliphatic hydroxyl groups excluding tert-OH is 1. The maximum Gasteiger partial charge on any atom is 0.317 e. The van der Waals surface area contributed by atoms with Crippen LogP contribution in [-0.2, 0) is 4.74 Å². The normalized spacial score (nSPS) is 30.1. The Balaban J connectivity index is 1.52. The van der Waals surface area contributed by atoms with Crippen LogP contribution in [-0.4, -0.2) is 47.9 Å².